The second kappa shape index (κ2) is 5.89. The summed E-state index contributed by atoms with van der Waals surface area (Å²) in [5.41, 5.74) is 0.522. The number of nitrogens with zero attached hydrogens (tertiary/aromatic N) is 1. The summed E-state index contributed by atoms with van der Waals surface area (Å²) < 4.78 is 23.7. The summed E-state index contributed by atoms with van der Waals surface area (Å²) in [6.07, 6.45) is 4.47. The van der Waals surface area contributed by atoms with Crippen LogP contribution in [0.4, 0.5) is 0 Å². The van der Waals surface area contributed by atoms with E-state index in [2.05, 4.69) is 0 Å². The molecule has 0 bridgehead atoms. The molecule has 120 valence electrons. The van der Waals surface area contributed by atoms with Crippen molar-refractivity contribution >= 4 is 27.5 Å². The minimum Gasteiger partial charge on any atom is -0.338 e. The number of hydrogen-bond donors (Lipinski definition) is 0. The highest BCUT2D eigenvalue weighted by atomic mass is 32.2. The number of thioether (sulfide) groups is 1. The van der Waals surface area contributed by atoms with Gasteiger partial charge in [-0.25, -0.2) is 8.42 Å². The molecule has 2 fully saturated rings. The molecule has 6 heteroatoms. The Balaban J connectivity index is 1.82. The largest absolute Gasteiger partial charge is 0.338 e. The van der Waals surface area contributed by atoms with Crippen LogP contribution in [-0.2, 0) is 9.84 Å². The van der Waals surface area contributed by atoms with E-state index in [0.717, 1.165) is 29.8 Å². The molecule has 0 saturated carbocycles. The number of amides is 1. The molecule has 0 aromatic heterocycles. The Morgan fingerprint density at radius 3 is 2.73 bits per heavy atom. The van der Waals surface area contributed by atoms with Gasteiger partial charge in [-0.1, -0.05) is 12.1 Å². The Morgan fingerprint density at radius 2 is 2.05 bits per heavy atom. The van der Waals surface area contributed by atoms with Gasteiger partial charge in [0.1, 0.15) is 0 Å². The summed E-state index contributed by atoms with van der Waals surface area (Å²) >= 11 is 1.57. The highest BCUT2D eigenvalue weighted by Crippen LogP contribution is 2.40. The summed E-state index contributed by atoms with van der Waals surface area (Å²) in [6.45, 7) is 1.30. The second-order valence-corrected chi connectivity index (χ2v) is 9.40. The molecular weight excluding hydrogens is 318 g/mol. The van der Waals surface area contributed by atoms with Gasteiger partial charge in [-0.05, 0) is 37.7 Å². The minimum atomic E-state index is -2.92. The highest BCUT2D eigenvalue weighted by Gasteiger charge is 2.45. The van der Waals surface area contributed by atoms with Crippen LogP contribution in [0.15, 0.2) is 29.2 Å². The standard InChI is InChI=1S/C16H21NO3S2/c1-21-14-6-3-2-5-13(14)15(18)17-9-4-7-16(11-17)8-10-22(19,20)12-16/h2-3,5-6H,4,7-12H2,1H3/t16-/m0/s1. The van der Waals surface area contributed by atoms with Crippen molar-refractivity contribution in [3.8, 4) is 0 Å². The van der Waals surface area contributed by atoms with Crippen molar-refractivity contribution in [1.82, 2.24) is 4.90 Å². The summed E-state index contributed by atoms with van der Waals surface area (Å²) in [5.74, 6) is 0.554. The Morgan fingerprint density at radius 1 is 1.27 bits per heavy atom. The van der Waals surface area contributed by atoms with Gasteiger partial charge in [0, 0.05) is 23.4 Å². The van der Waals surface area contributed by atoms with E-state index in [9.17, 15) is 13.2 Å². The third-order valence-corrected chi connectivity index (χ3v) is 7.43. The van der Waals surface area contributed by atoms with Crippen LogP contribution in [0.2, 0.25) is 0 Å². The van der Waals surface area contributed by atoms with E-state index in [-0.39, 0.29) is 22.8 Å². The first kappa shape index (κ1) is 15.9. The second-order valence-electron chi connectivity index (χ2n) is 6.37. The SMILES string of the molecule is CSc1ccccc1C(=O)N1CCC[C@]2(CCS(=O)(=O)C2)C1. The lowest BCUT2D eigenvalue weighted by Gasteiger charge is -2.39. The molecule has 0 unspecified atom stereocenters. The van der Waals surface area contributed by atoms with Crippen LogP contribution < -0.4 is 0 Å². The van der Waals surface area contributed by atoms with Crippen molar-refractivity contribution in [2.75, 3.05) is 30.9 Å². The number of carbonyl (C=O) groups excluding carboxylic acids is 1. The number of rotatable bonds is 2. The van der Waals surface area contributed by atoms with E-state index in [4.69, 9.17) is 0 Å². The molecule has 2 aliphatic rings. The molecule has 1 spiro atoms. The molecule has 1 amide bonds. The predicted octanol–water partition coefficient (Wildman–Crippen LogP) is 2.45. The lowest BCUT2D eigenvalue weighted by Crippen LogP contribution is -2.46. The molecule has 2 aliphatic heterocycles. The van der Waals surface area contributed by atoms with Gasteiger partial charge in [0.15, 0.2) is 9.84 Å². The van der Waals surface area contributed by atoms with Crippen LogP contribution >= 0.6 is 11.8 Å². The van der Waals surface area contributed by atoms with Gasteiger partial charge in [0.25, 0.3) is 5.91 Å². The molecule has 22 heavy (non-hydrogen) atoms. The maximum Gasteiger partial charge on any atom is 0.255 e. The van der Waals surface area contributed by atoms with Gasteiger partial charge in [0.05, 0.1) is 17.1 Å². The fourth-order valence-electron chi connectivity index (χ4n) is 3.68. The third-order valence-electron chi connectivity index (χ3n) is 4.76. The molecule has 3 rings (SSSR count). The summed E-state index contributed by atoms with van der Waals surface area (Å²) in [5, 5.41) is 0. The van der Waals surface area contributed by atoms with Gasteiger partial charge in [-0.15, -0.1) is 11.8 Å². The molecule has 2 saturated heterocycles. The first-order valence-electron chi connectivity index (χ1n) is 7.57. The molecule has 2 heterocycles. The van der Waals surface area contributed by atoms with Gasteiger partial charge in [-0.3, -0.25) is 4.79 Å². The molecule has 0 radical (unpaired) electrons. The van der Waals surface area contributed by atoms with Gasteiger partial charge in [0.2, 0.25) is 0 Å². The maximum atomic E-state index is 12.8. The quantitative estimate of drug-likeness (QED) is 0.777. The first-order chi connectivity index (χ1) is 10.4. The van der Waals surface area contributed by atoms with E-state index in [1.54, 1.807) is 11.8 Å². The highest BCUT2D eigenvalue weighted by molar-refractivity contribution is 7.98. The molecular formula is C16H21NO3S2. The van der Waals surface area contributed by atoms with Crippen LogP contribution in [-0.4, -0.2) is 50.1 Å². The van der Waals surface area contributed by atoms with Gasteiger partial charge >= 0.3 is 0 Å². The van der Waals surface area contributed by atoms with E-state index in [1.165, 1.54) is 0 Å². The monoisotopic (exact) mass is 339 g/mol. The van der Waals surface area contributed by atoms with E-state index >= 15 is 0 Å². The molecule has 1 atom stereocenters. The lowest BCUT2D eigenvalue weighted by molar-refractivity contribution is 0.0560. The normalized spacial score (nSPS) is 27.2. The van der Waals surface area contributed by atoms with Crippen molar-refractivity contribution in [1.29, 1.82) is 0 Å². The van der Waals surface area contributed by atoms with Crippen molar-refractivity contribution in [2.24, 2.45) is 5.41 Å². The fraction of sp³-hybridized carbons (Fsp3) is 0.562. The molecule has 1 aromatic carbocycles. The number of benzene rings is 1. The summed E-state index contributed by atoms with van der Waals surface area (Å²) in [4.78, 5) is 15.7. The Kier molecular flexibility index (Phi) is 4.25. The van der Waals surface area contributed by atoms with Crippen LogP contribution in [0, 0.1) is 5.41 Å². The van der Waals surface area contributed by atoms with Crippen LogP contribution in [0.25, 0.3) is 0 Å². The average molecular weight is 339 g/mol. The van der Waals surface area contributed by atoms with Crippen molar-refractivity contribution < 1.29 is 13.2 Å². The van der Waals surface area contributed by atoms with Crippen molar-refractivity contribution in [2.45, 2.75) is 24.2 Å². The van der Waals surface area contributed by atoms with E-state index in [0.29, 0.717) is 13.0 Å². The Bertz CT molecular complexity index is 686. The minimum absolute atomic E-state index is 0.0355. The predicted molar refractivity (Wildman–Crippen MR) is 89.1 cm³/mol. The number of piperidine rings is 1. The van der Waals surface area contributed by atoms with Crippen LogP contribution in [0.3, 0.4) is 0 Å². The first-order valence-corrected chi connectivity index (χ1v) is 10.6. The van der Waals surface area contributed by atoms with E-state index in [1.807, 2.05) is 35.4 Å². The zero-order chi connectivity index (χ0) is 15.8. The average Bonchev–Trinajstić information content (AvgIpc) is 2.81. The molecule has 4 nitrogen and oxygen atoms in total. The zero-order valence-electron chi connectivity index (χ0n) is 12.7. The number of sulfone groups is 1. The van der Waals surface area contributed by atoms with Crippen LogP contribution in [0.5, 0.6) is 0 Å². The van der Waals surface area contributed by atoms with Crippen molar-refractivity contribution in [3.05, 3.63) is 29.8 Å². The molecule has 0 aliphatic carbocycles. The summed E-state index contributed by atoms with van der Waals surface area (Å²) in [6, 6.07) is 7.63. The van der Waals surface area contributed by atoms with E-state index < -0.39 is 9.84 Å². The van der Waals surface area contributed by atoms with Crippen molar-refractivity contribution in [3.63, 3.8) is 0 Å². The lowest BCUT2D eigenvalue weighted by atomic mass is 9.79. The smallest absolute Gasteiger partial charge is 0.255 e. The number of likely N-dealkylation sites (tertiary alicyclic amines) is 1. The number of carbonyl (C=O) groups is 1. The zero-order valence-corrected chi connectivity index (χ0v) is 14.4. The number of hydrogen-bond acceptors (Lipinski definition) is 4. The Labute approximate surface area is 136 Å². The topological polar surface area (TPSA) is 54.5 Å². The maximum absolute atomic E-state index is 12.8. The van der Waals surface area contributed by atoms with Gasteiger partial charge in [-0.2, -0.15) is 0 Å². The fourth-order valence-corrected chi connectivity index (χ4v) is 6.47. The Hall–Kier alpha value is -1.01. The summed E-state index contributed by atoms with van der Waals surface area (Å²) in [7, 11) is -2.92. The third kappa shape index (κ3) is 3.04. The molecule has 1 aromatic rings. The van der Waals surface area contributed by atoms with Gasteiger partial charge < -0.3 is 4.90 Å². The molecule has 0 N–H and O–H groups in total. The van der Waals surface area contributed by atoms with Crippen LogP contribution in [0.1, 0.15) is 29.6 Å².